The molecule has 28 heavy (non-hydrogen) atoms. The third-order valence-electron chi connectivity index (χ3n) is 4.53. The minimum Gasteiger partial charge on any atom is -0.493 e. The molecule has 1 aromatic carbocycles. The summed E-state index contributed by atoms with van der Waals surface area (Å²) >= 11 is 5.88. The van der Waals surface area contributed by atoms with E-state index >= 15 is 0 Å². The number of dihydropyridines is 1. The van der Waals surface area contributed by atoms with Crippen LogP contribution in [0, 0.1) is 5.82 Å². The molecule has 8 heteroatoms. The molecular formula is C20H17ClFN5O. The SMILES string of the molecule is COC1=CC(c2[nH]c(-c3ccc(Cl)cc3F)nc2-c2ccncc2)CN=C1N. The molecule has 3 heterocycles. The van der Waals surface area contributed by atoms with Gasteiger partial charge in [-0.05, 0) is 36.4 Å². The molecule has 142 valence electrons. The Morgan fingerprint density at radius 2 is 2.04 bits per heavy atom. The zero-order chi connectivity index (χ0) is 19.7. The van der Waals surface area contributed by atoms with E-state index in [2.05, 4.69) is 19.9 Å². The second kappa shape index (κ2) is 7.44. The number of imidazole rings is 1. The number of nitrogens with two attached hydrogens (primary N) is 1. The Balaban J connectivity index is 1.85. The molecule has 2 aromatic heterocycles. The first-order valence-electron chi connectivity index (χ1n) is 8.58. The molecule has 3 aromatic rings. The van der Waals surface area contributed by atoms with Gasteiger partial charge in [0.05, 0.1) is 30.6 Å². The molecule has 0 spiro atoms. The predicted octanol–water partition coefficient (Wildman–Crippen LogP) is 3.92. The van der Waals surface area contributed by atoms with E-state index in [0.717, 1.165) is 11.3 Å². The van der Waals surface area contributed by atoms with E-state index in [4.69, 9.17) is 22.1 Å². The van der Waals surface area contributed by atoms with Crippen LogP contribution < -0.4 is 5.73 Å². The molecular weight excluding hydrogens is 381 g/mol. The molecule has 0 bridgehead atoms. The minimum atomic E-state index is -0.451. The van der Waals surface area contributed by atoms with Crippen molar-refractivity contribution in [2.45, 2.75) is 5.92 Å². The summed E-state index contributed by atoms with van der Waals surface area (Å²) in [6, 6.07) is 8.19. The van der Waals surface area contributed by atoms with Crippen LogP contribution in [0.2, 0.25) is 5.02 Å². The molecule has 1 unspecified atom stereocenters. The molecule has 1 atom stereocenters. The lowest BCUT2D eigenvalue weighted by Crippen LogP contribution is -2.23. The highest BCUT2D eigenvalue weighted by Crippen LogP contribution is 2.34. The summed E-state index contributed by atoms with van der Waals surface area (Å²) < 4.78 is 19.8. The smallest absolute Gasteiger partial charge is 0.161 e. The van der Waals surface area contributed by atoms with Crippen molar-refractivity contribution in [3.8, 4) is 22.6 Å². The summed E-state index contributed by atoms with van der Waals surface area (Å²) in [6.45, 7) is 0.432. The molecule has 0 aliphatic carbocycles. The molecule has 1 aliphatic rings. The Labute approximate surface area is 166 Å². The zero-order valence-electron chi connectivity index (χ0n) is 15.0. The number of aliphatic imine (C=N–C) groups is 1. The number of methoxy groups -OCH3 is 1. The van der Waals surface area contributed by atoms with Crippen LogP contribution in [0.15, 0.2) is 59.6 Å². The fourth-order valence-electron chi connectivity index (χ4n) is 3.14. The largest absolute Gasteiger partial charge is 0.493 e. The maximum atomic E-state index is 14.5. The van der Waals surface area contributed by atoms with Gasteiger partial charge in [-0.2, -0.15) is 0 Å². The number of nitrogens with zero attached hydrogens (tertiary/aromatic N) is 3. The number of H-pyrrole nitrogens is 1. The van der Waals surface area contributed by atoms with Crippen molar-refractivity contribution in [3.63, 3.8) is 0 Å². The monoisotopic (exact) mass is 397 g/mol. The maximum Gasteiger partial charge on any atom is 0.161 e. The van der Waals surface area contributed by atoms with Crippen LogP contribution in [0.25, 0.3) is 22.6 Å². The standard InChI is InChI=1S/C20H17ClFN5O/c1-28-16-8-12(10-25-19(16)23)18-17(11-4-6-24-7-5-11)26-20(27-18)14-3-2-13(21)9-15(14)22/h2-9,12H,10H2,1H3,(H2,23,25)(H,26,27). The van der Waals surface area contributed by atoms with E-state index in [9.17, 15) is 4.39 Å². The number of benzene rings is 1. The van der Waals surface area contributed by atoms with Crippen molar-refractivity contribution in [2.24, 2.45) is 10.7 Å². The number of rotatable bonds is 4. The number of hydrogen-bond donors (Lipinski definition) is 2. The van der Waals surface area contributed by atoms with Gasteiger partial charge in [0.15, 0.2) is 11.6 Å². The van der Waals surface area contributed by atoms with Gasteiger partial charge in [0, 0.05) is 28.9 Å². The maximum absolute atomic E-state index is 14.5. The lowest BCUT2D eigenvalue weighted by molar-refractivity contribution is 0.309. The lowest BCUT2D eigenvalue weighted by Gasteiger charge is -2.18. The molecule has 0 radical (unpaired) electrons. The van der Waals surface area contributed by atoms with E-state index in [1.54, 1.807) is 31.6 Å². The second-order valence-electron chi connectivity index (χ2n) is 6.28. The van der Waals surface area contributed by atoms with Crippen molar-refractivity contribution >= 4 is 17.4 Å². The fourth-order valence-corrected chi connectivity index (χ4v) is 3.30. The van der Waals surface area contributed by atoms with Gasteiger partial charge < -0.3 is 15.5 Å². The fraction of sp³-hybridized carbons (Fsp3) is 0.150. The van der Waals surface area contributed by atoms with Gasteiger partial charge >= 0.3 is 0 Å². The van der Waals surface area contributed by atoms with Gasteiger partial charge in [0.25, 0.3) is 0 Å². The third-order valence-corrected chi connectivity index (χ3v) is 4.76. The van der Waals surface area contributed by atoms with Gasteiger partial charge in [0.1, 0.15) is 11.6 Å². The molecule has 6 nitrogen and oxygen atoms in total. The summed E-state index contributed by atoms with van der Waals surface area (Å²) in [7, 11) is 1.54. The average Bonchev–Trinajstić information content (AvgIpc) is 3.14. The highest BCUT2D eigenvalue weighted by molar-refractivity contribution is 6.30. The van der Waals surface area contributed by atoms with Crippen LogP contribution in [0.1, 0.15) is 11.6 Å². The van der Waals surface area contributed by atoms with Crippen LogP contribution in [0.4, 0.5) is 4.39 Å². The van der Waals surface area contributed by atoms with Crippen LogP contribution in [-0.4, -0.2) is 34.4 Å². The Bertz CT molecular complexity index is 1080. The van der Waals surface area contributed by atoms with E-state index in [1.165, 1.54) is 6.07 Å². The van der Waals surface area contributed by atoms with E-state index < -0.39 is 5.82 Å². The quantitative estimate of drug-likeness (QED) is 0.698. The second-order valence-corrected chi connectivity index (χ2v) is 6.71. The predicted molar refractivity (Wildman–Crippen MR) is 107 cm³/mol. The van der Waals surface area contributed by atoms with Gasteiger partial charge in [-0.25, -0.2) is 9.37 Å². The van der Waals surface area contributed by atoms with Crippen molar-refractivity contribution in [1.29, 1.82) is 0 Å². The number of pyridine rings is 1. The Hall–Kier alpha value is -3.19. The Morgan fingerprint density at radius 3 is 2.75 bits per heavy atom. The van der Waals surface area contributed by atoms with Gasteiger partial charge in [-0.3, -0.25) is 9.98 Å². The Morgan fingerprint density at radius 1 is 1.25 bits per heavy atom. The third kappa shape index (κ3) is 3.36. The van der Waals surface area contributed by atoms with Crippen molar-refractivity contribution in [1.82, 2.24) is 15.0 Å². The normalized spacial score (nSPS) is 16.5. The number of nitrogens with one attached hydrogen (secondary N) is 1. The zero-order valence-corrected chi connectivity index (χ0v) is 15.7. The molecule has 0 fully saturated rings. The number of hydrogen-bond acceptors (Lipinski definition) is 5. The number of ether oxygens (including phenoxy) is 1. The van der Waals surface area contributed by atoms with Crippen molar-refractivity contribution in [2.75, 3.05) is 13.7 Å². The summed E-state index contributed by atoms with van der Waals surface area (Å²) in [5.74, 6) is 0.666. The molecule has 0 amide bonds. The van der Waals surface area contributed by atoms with Gasteiger partial charge in [-0.1, -0.05) is 11.6 Å². The number of halogens is 2. The van der Waals surface area contributed by atoms with Crippen molar-refractivity contribution < 1.29 is 9.13 Å². The summed E-state index contributed by atoms with van der Waals surface area (Å²) in [4.78, 5) is 16.3. The van der Waals surface area contributed by atoms with E-state index in [-0.39, 0.29) is 5.92 Å². The van der Waals surface area contributed by atoms with Gasteiger partial charge in [0.2, 0.25) is 0 Å². The summed E-state index contributed by atoms with van der Waals surface area (Å²) in [5.41, 5.74) is 8.55. The lowest BCUT2D eigenvalue weighted by atomic mass is 9.98. The summed E-state index contributed by atoms with van der Waals surface area (Å²) in [5, 5.41) is 0.326. The molecule has 0 saturated carbocycles. The topological polar surface area (TPSA) is 89.2 Å². The first kappa shape index (κ1) is 18.2. The summed E-state index contributed by atoms with van der Waals surface area (Å²) in [6.07, 6.45) is 5.26. The van der Waals surface area contributed by atoms with Gasteiger partial charge in [-0.15, -0.1) is 0 Å². The van der Waals surface area contributed by atoms with Crippen LogP contribution in [0.5, 0.6) is 0 Å². The minimum absolute atomic E-state index is 0.151. The highest BCUT2D eigenvalue weighted by atomic mass is 35.5. The first-order valence-corrected chi connectivity index (χ1v) is 8.96. The molecule has 1 aliphatic heterocycles. The first-order chi connectivity index (χ1) is 13.6. The van der Waals surface area contributed by atoms with E-state index in [0.29, 0.717) is 40.2 Å². The van der Waals surface area contributed by atoms with Crippen LogP contribution >= 0.6 is 11.6 Å². The molecule has 3 N–H and O–H groups in total. The number of aromatic nitrogens is 3. The number of amidine groups is 1. The Kier molecular flexibility index (Phi) is 4.83. The average molecular weight is 398 g/mol. The number of aromatic amines is 1. The molecule has 4 rings (SSSR count). The highest BCUT2D eigenvalue weighted by Gasteiger charge is 2.25. The van der Waals surface area contributed by atoms with Crippen LogP contribution in [-0.2, 0) is 4.74 Å². The van der Waals surface area contributed by atoms with Crippen LogP contribution in [0.3, 0.4) is 0 Å². The molecule has 0 saturated heterocycles. The van der Waals surface area contributed by atoms with E-state index in [1.807, 2.05) is 18.2 Å². The van der Waals surface area contributed by atoms with Crippen molar-refractivity contribution in [3.05, 3.63) is 71.1 Å².